The van der Waals surface area contributed by atoms with Crippen LogP contribution in [-0.4, -0.2) is 32.1 Å². The summed E-state index contributed by atoms with van der Waals surface area (Å²) in [5, 5.41) is 22.3. The molecule has 0 aliphatic heterocycles. The summed E-state index contributed by atoms with van der Waals surface area (Å²) in [6.07, 6.45) is 1.75. The number of ether oxygens (including phenoxy) is 1. The van der Waals surface area contributed by atoms with Gasteiger partial charge in [0.15, 0.2) is 5.75 Å². The van der Waals surface area contributed by atoms with Crippen LogP contribution in [0.15, 0.2) is 60.7 Å². The number of H-pyrrole nitrogens is 1. The maximum Gasteiger partial charge on any atom is 0.315 e. The molecule has 0 spiro atoms. The van der Waals surface area contributed by atoms with Crippen LogP contribution in [0.25, 0.3) is 32.9 Å². The zero-order chi connectivity index (χ0) is 22.2. The fraction of sp³-hybridized carbons (Fsp3) is 0.0435. The van der Waals surface area contributed by atoms with Crippen molar-refractivity contribution in [1.82, 2.24) is 15.0 Å². The molecule has 2 N–H and O–H groups in total. The Morgan fingerprint density at radius 2 is 1.88 bits per heavy atom. The van der Waals surface area contributed by atoms with Gasteiger partial charge in [-0.05, 0) is 42.0 Å². The standard InChI is InChI=1S/C23H16N4O4S/c1-31-19-12-13(11-18(21(19)28)27(29)30)10-14(22-24-15-6-2-3-7-16(15)25-22)23-26-17-8-4-5-9-20(17)32-23/h2-12,28H,1H3,(H,24,25)/b14-10+. The van der Waals surface area contributed by atoms with Gasteiger partial charge in [-0.15, -0.1) is 11.3 Å². The fourth-order valence-electron chi connectivity index (χ4n) is 3.46. The van der Waals surface area contributed by atoms with E-state index in [9.17, 15) is 15.2 Å². The van der Waals surface area contributed by atoms with Crippen molar-refractivity contribution in [3.63, 3.8) is 0 Å². The molecule has 0 aliphatic rings. The van der Waals surface area contributed by atoms with Crippen molar-refractivity contribution in [3.05, 3.63) is 87.2 Å². The molecule has 0 fully saturated rings. The van der Waals surface area contributed by atoms with E-state index in [-0.39, 0.29) is 5.75 Å². The van der Waals surface area contributed by atoms with Crippen LogP contribution < -0.4 is 4.74 Å². The second-order valence-corrected chi connectivity index (χ2v) is 8.03. The first kappa shape index (κ1) is 19.7. The van der Waals surface area contributed by atoms with Crippen molar-refractivity contribution < 1.29 is 14.8 Å². The molecule has 9 heteroatoms. The van der Waals surface area contributed by atoms with Crippen molar-refractivity contribution in [2.24, 2.45) is 0 Å². The van der Waals surface area contributed by atoms with Crippen LogP contribution in [0.5, 0.6) is 11.5 Å². The lowest BCUT2D eigenvalue weighted by molar-refractivity contribution is -0.386. The summed E-state index contributed by atoms with van der Waals surface area (Å²) in [5.74, 6) is 0.0820. The maximum atomic E-state index is 11.4. The summed E-state index contributed by atoms with van der Waals surface area (Å²) in [6, 6.07) is 18.3. The Morgan fingerprint density at radius 3 is 2.59 bits per heavy atom. The number of nitrogens with one attached hydrogen (secondary N) is 1. The monoisotopic (exact) mass is 444 g/mol. The highest BCUT2D eigenvalue weighted by atomic mass is 32.1. The number of nitro groups is 1. The highest BCUT2D eigenvalue weighted by Crippen LogP contribution is 2.39. The summed E-state index contributed by atoms with van der Waals surface area (Å²) < 4.78 is 6.16. The molecule has 0 saturated heterocycles. The number of nitrogens with zero attached hydrogens (tertiary/aromatic N) is 3. The first-order valence-corrected chi connectivity index (χ1v) is 10.4. The van der Waals surface area contributed by atoms with E-state index in [1.165, 1.54) is 30.6 Å². The fourth-order valence-corrected chi connectivity index (χ4v) is 4.44. The average Bonchev–Trinajstić information content (AvgIpc) is 3.42. The predicted molar refractivity (Wildman–Crippen MR) is 124 cm³/mol. The molecule has 5 rings (SSSR count). The van der Waals surface area contributed by atoms with E-state index in [0.717, 1.165) is 21.3 Å². The molecule has 32 heavy (non-hydrogen) atoms. The Kier molecular flexibility index (Phi) is 4.79. The zero-order valence-corrected chi connectivity index (χ0v) is 17.6. The number of imidazole rings is 1. The predicted octanol–water partition coefficient (Wildman–Crippen LogP) is 5.38. The van der Waals surface area contributed by atoms with Gasteiger partial charge >= 0.3 is 5.69 Å². The number of thiazole rings is 1. The minimum atomic E-state index is -0.645. The molecule has 2 aromatic heterocycles. The van der Waals surface area contributed by atoms with Gasteiger partial charge in [-0.2, -0.15) is 0 Å². The third-order valence-electron chi connectivity index (χ3n) is 4.97. The van der Waals surface area contributed by atoms with Crippen molar-refractivity contribution >= 4 is 49.9 Å². The summed E-state index contributed by atoms with van der Waals surface area (Å²) in [7, 11) is 1.35. The molecule has 0 aliphatic carbocycles. The van der Waals surface area contributed by atoms with Gasteiger partial charge in [0, 0.05) is 6.07 Å². The molecule has 2 heterocycles. The van der Waals surface area contributed by atoms with E-state index in [4.69, 9.17) is 14.7 Å². The Morgan fingerprint density at radius 1 is 1.12 bits per heavy atom. The Labute approximate surface area is 185 Å². The average molecular weight is 444 g/mol. The summed E-state index contributed by atoms with van der Waals surface area (Å²) >= 11 is 1.50. The van der Waals surface area contributed by atoms with Gasteiger partial charge in [0.1, 0.15) is 10.8 Å². The molecular weight excluding hydrogens is 428 g/mol. The minimum Gasteiger partial charge on any atom is -0.500 e. The number of phenolic OH excluding ortho intramolecular Hbond substituents is 1. The van der Waals surface area contributed by atoms with Crippen molar-refractivity contribution in [1.29, 1.82) is 0 Å². The molecule has 0 amide bonds. The SMILES string of the molecule is COc1cc(/C=C(\c2nc3ccccc3[nH]2)c2nc3ccccc3s2)cc([N+](=O)[O-])c1O. The smallest absolute Gasteiger partial charge is 0.315 e. The molecule has 3 aromatic carbocycles. The third kappa shape index (κ3) is 3.44. The number of hydrogen-bond donors (Lipinski definition) is 2. The number of aromatic amines is 1. The second-order valence-electron chi connectivity index (χ2n) is 7.00. The number of aromatic hydroxyl groups is 1. The number of benzene rings is 3. The molecule has 0 saturated carbocycles. The van der Waals surface area contributed by atoms with Crippen LogP contribution in [0.3, 0.4) is 0 Å². The number of methoxy groups -OCH3 is 1. The number of fused-ring (bicyclic) bond motifs is 2. The first-order chi connectivity index (χ1) is 15.5. The Hall–Kier alpha value is -4.24. The lowest BCUT2D eigenvalue weighted by Gasteiger charge is -2.07. The van der Waals surface area contributed by atoms with Crippen LogP contribution in [0.4, 0.5) is 5.69 Å². The van der Waals surface area contributed by atoms with E-state index in [1.54, 1.807) is 6.08 Å². The normalized spacial score (nSPS) is 11.8. The summed E-state index contributed by atoms with van der Waals surface area (Å²) in [4.78, 5) is 23.6. The molecule has 0 radical (unpaired) electrons. The molecular formula is C23H16N4O4S. The van der Waals surface area contributed by atoms with Crippen LogP contribution in [0.2, 0.25) is 0 Å². The molecule has 8 nitrogen and oxygen atoms in total. The van der Waals surface area contributed by atoms with Crippen LogP contribution in [0.1, 0.15) is 16.4 Å². The zero-order valence-electron chi connectivity index (χ0n) is 16.8. The topological polar surface area (TPSA) is 114 Å². The molecule has 0 atom stereocenters. The molecule has 5 aromatic rings. The number of aromatic nitrogens is 3. The van der Waals surface area contributed by atoms with Gasteiger partial charge in [0.25, 0.3) is 0 Å². The largest absolute Gasteiger partial charge is 0.500 e. The van der Waals surface area contributed by atoms with E-state index >= 15 is 0 Å². The van der Waals surface area contributed by atoms with Gasteiger partial charge in [0.05, 0.1) is 38.9 Å². The number of hydrogen-bond acceptors (Lipinski definition) is 7. The lowest BCUT2D eigenvalue weighted by Crippen LogP contribution is -1.94. The third-order valence-corrected chi connectivity index (χ3v) is 6.04. The highest BCUT2D eigenvalue weighted by Gasteiger charge is 2.21. The van der Waals surface area contributed by atoms with Crippen molar-refractivity contribution in [2.45, 2.75) is 0 Å². The van der Waals surface area contributed by atoms with Crippen molar-refractivity contribution in [3.8, 4) is 11.5 Å². The van der Waals surface area contributed by atoms with Crippen molar-refractivity contribution in [2.75, 3.05) is 7.11 Å². The van der Waals surface area contributed by atoms with Crippen LogP contribution in [-0.2, 0) is 0 Å². The number of nitro benzene ring substituents is 1. The second kappa shape index (κ2) is 7.78. The minimum absolute atomic E-state index is 0.0127. The summed E-state index contributed by atoms with van der Waals surface area (Å²) in [6.45, 7) is 0. The van der Waals surface area contributed by atoms with E-state index in [1.807, 2.05) is 48.5 Å². The van der Waals surface area contributed by atoms with Crippen LogP contribution >= 0.6 is 11.3 Å². The lowest BCUT2D eigenvalue weighted by atomic mass is 10.1. The molecule has 0 unspecified atom stereocenters. The molecule has 158 valence electrons. The van der Waals surface area contributed by atoms with Crippen LogP contribution in [0, 0.1) is 10.1 Å². The maximum absolute atomic E-state index is 11.4. The number of rotatable bonds is 5. The van der Waals surface area contributed by atoms with Gasteiger partial charge in [0.2, 0.25) is 5.75 Å². The molecule has 0 bridgehead atoms. The van der Waals surface area contributed by atoms with Gasteiger partial charge in [-0.25, -0.2) is 9.97 Å². The van der Waals surface area contributed by atoms with Gasteiger partial charge in [-0.3, -0.25) is 10.1 Å². The Bertz CT molecular complexity index is 1380. The van der Waals surface area contributed by atoms with Gasteiger partial charge in [-0.1, -0.05) is 24.3 Å². The number of para-hydroxylation sites is 3. The van der Waals surface area contributed by atoms with E-state index in [0.29, 0.717) is 22.0 Å². The number of phenols is 1. The highest BCUT2D eigenvalue weighted by molar-refractivity contribution is 7.19. The Balaban J connectivity index is 1.75. The van der Waals surface area contributed by atoms with Gasteiger partial charge < -0.3 is 14.8 Å². The first-order valence-electron chi connectivity index (χ1n) is 9.61. The van der Waals surface area contributed by atoms with E-state index in [2.05, 4.69) is 4.98 Å². The quantitative estimate of drug-likeness (QED) is 0.278. The van der Waals surface area contributed by atoms with E-state index < -0.39 is 16.4 Å². The summed E-state index contributed by atoms with van der Waals surface area (Å²) in [5.41, 5.74) is 3.21.